The van der Waals surface area contributed by atoms with Gasteiger partial charge in [0.25, 0.3) is 0 Å². The summed E-state index contributed by atoms with van der Waals surface area (Å²) >= 11 is 7.07. The molecule has 98 valence electrons. The van der Waals surface area contributed by atoms with Crippen LogP contribution in [0.2, 0.25) is 0 Å². The predicted molar refractivity (Wildman–Crippen MR) is 72.3 cm³/mol. The van der Waals surface area contributed by atoms with Crippen LogP contribution in [-0.2, 0) is 16.4 Å². The van der Waals surface area contributed by atoms with Crippen molar-refractivity contribution >= 4 is 33.0 Å². The summed E-state index contributed by atoms with van der Waals surface area (Å²) in [6, 6.07) is 0. The van der Waals surface area contributed by atoms with Crippen molar-refractivity contribution in [3.8, 4) is 0 Å². The lowest BCUT2D eigenvalue weighted by Crippen LogP contribution is -2.28. The number of sulfonamides is 1. The molecule has 1 rings (SSSR count). The second-order valence-corrected chi connectivity index (χ2v) is 7.08. The normalized spacial score (nSPS) is 11.9. The highest BCUT2D eigenvalue weighted by Crippen LogP contribution is 2.08. The maximum atomic E-state index is 11.5. The standard InChI is InChI=1S/C10H17ClN2O2S2/c1-9-13-10(8-16-9)4-6-12-17(14,15)7-3-2-5-11/h8,12H,2-7H2,1H3. The number of rotatable bonds is 8. The van der Waals surface area contributed by atoms with Crippen LogP contribution in [0.3, 0.4) is 0 Å². The van der Waals surface area contributed by atoms with Crippen LogP contribution in [0.5, 0.6) is 0 Å². The Labute approximate surface area is 111 Å². The van der Waals surface area contributed by atoms with Gasteiger partial charge in [0.15, 0.2) is 0 Å². The van der Waals surface area contributed by atoms with Gasteiger partial charge in [-0.1, -0.05) is 0 Å². The average Bonchev–Trinajstić information content (AvgIpc) is 2.64. The van der Waals surface area contributed by atoms with Gasteiger partial charge in [-0.25, -0.2) is 18.1 Å². The highest BCUT2D eigenvalue weighted by molar-refractivity contribution is 7.89. The Kier molecular flexibility index (Phi) is 6.40. The molecule has 0 aliphatic rings. The first-order valence-corrected chi connectivity index (χ1v) is 8.54. The van der Waals surface area contributed by atoms with Crippen molar-refractivity contribution in [1.29, 1.82) is 0 Å². The van der Waals surface area contributed by atoms with Crippen molar-refractivity contribution in [2.45, 2.75) is 26.2 Å². The number of aryl methyl sites for hydroxylation is 1. The molecule has 0 saturated heterocycles. The van der Waals surface area contributed by atoms with E-state index in [0.29, 0.717) is 25.3 Å². The predicted octanol–water partition coefficient (Wildman–Crippen LogP) is 1.93. The van der Waals surface area contributed by atoms with E-state index in [1.807, 2.05) is 12.3 Å². The number of hydrogen-bond acceptors (Lipinski definition) is 4. The van der Waals surface area contributed by atoms with Crippen LogP contribution >= 0.6 is 22.9 Å². The second kappa shape index (κ2) is 7.31. The van der Waals surface area contributed by atoms with Crippen LogP contribution in [0, 0.1) is 6.92 Å². The Bertz CT molecular complexity index is 431. The quantitative estimate of drug-likeness (QED) is 0.589. The van der Waals surface area contributed by atoms with Crippen molar-refractivity contribution in [3.63, 3.8) is 0 Å². The number of nitrogens with zero attached hydrogens (tertiary/aromatic N) is 1. The summed E-state index contributed by atoms with van der Waals surface area (Å²) in [5.74, 6) is 0.656. The molecule has 1 heterocycles. The van der Waals surface area contributed by atoms with Gasteiger partial charge in [-0.2, -0.15) is 0 Å². The van der Waals surface area contributed by atoms with Gasteiger partial charge in [0.2, 0.25) is 10.0 Å². The molecule has 0 spiro atoms. The molecule has 4 nitrogen and oxygen atoms in total. The molecule has 0 radical (unpaired) electrons. The van der Waals surface area contributed by atoms with E-state index in [0.717, 1.165) is 17.1 Å². The van der Waals surface area contributed by atoms with Gasteiger partial charge in [-0.15, -0.1) is 22.9 Å². The van der Waals surface area contributed by atoms with Crippen molar-refractivity contribution < 1.29 is 8.42 Å². The summed E-state index contributed by atoms with van der Waals surface area (Å²) in [4.78, 5) is 4.27. The fraction of sp³-hybridized carbons (Fsp3) is 0.700. The third-order valence-electron chi connectivity index (χ3n) is 2.17. The molecule has 0 bridgehead atoms. The fourth-order valence-electron chi connectivity index (χ4n) is 1.32. The molecule has 0 amide bonds. The van der Waals surface area contributed by atoms with Gasteiger partial charge in [0.1, 0.15) is 0 Å². The highest BCUT2D eigenvalue weighted by atomic mass is 35.5. The zero-order valence-electron chi connectivity index (χ0n) is 9.78. The van der Waals surface area contributed by atoms with E-state index in [1.165, 1.54) is 0 Å². The van der Waals surface area contributed by atoms with Crippen LogP contribution in [0.1, 0.15) is 23.5 Å². The SMILES string of the molecule is Cc1nc(CCNS(=O)(=O)CCCCCl)cs1. The van der Waals surface area contributed by atoms with Crippen LogP contribution in [0.15, 0.2) is 5.38 Å². The molecule has 1 aromatic rings. The van der Waals surface area contributed by atoms with E-state index in [1.54, 1.807) is 11.3 Å². The molecule has 0 aliphatic carbocycles. The van der Waals surface area contributed by atoms with Crippen molar-refractivity contribution in [1.82, 2.24) is 9.71 Å². The second-order valence-electron chi connectivity index (χ2n) is 3.72. The molecule has 0 unspecified atom stereocenters. The molecule has 1 aromatic heterocycles. The zero-order chi connectivity index (χ0) is 12.7. The Hall–Kier alpha value is -0.170. The lowest BCUT2D eigenvalue weighted by atomic mass is 10.3. The van der Waals surface area contributed by atoms with Crippen LogP contribution < -0.4 is 4.72 Å². The summed E-state index contributed by atoms with van der Waals surface area (Å²) in [7, 11) is -3.15. The maximum absolute atomic E-state index is 11.5. The number of nitrogens with one attached hydrogen (secondary N) is 1. The van der Waals surface area contributed by atoms with Gasteiger partial charge >= 0.3 is 0 Å². The monoisotopic (exact) mass is 296 g/mol. The number of hydrogen-bond donors (Lipinski definition) is 1. The molecule has 1 N–H and O–H groups in total. The fourth-order valence-corrected chi connectivity index (χ4v) is 3.29. The van der Waals surface area contributed by atoms with E-state index in [4.69, 9.17) is 11.6 Å². The lowest BCUT2D eigenvalue weighted by Gasteiger charge is -2.04. The molecule has 0 aliphatic heterocycles. The number of unbranched alkanes of at least 4 members (excludes halogenated alkanes) is 1. The minimum absolute atomic E-state index is 0.149. The van der Waals surface area contributed by atoms with E-state index < -0.39 is 10.0 Å². The Balaban J connectivity index is 2.25. The van der Waals surface area contributed by atoms with Gasteiger partial charge in [-0.05, 0) is 19.8 Å². The van der Waals surface area contributed by atoms with E-state index in [2.05, 4.69) is 9.71 Å². The molecule has 17 heavy (non-hydrogen) atoms. The smallest absolute Gasteiger partial charge is 0.211 e. The number of thiazole rings is 1. The van der Waals surface area contributed by atoms with E-state index >= 15 is 0 Å². The zero-order valence-corrected chi connectivity index (χ0v) is 12.2. The molecule has 0 aromatic carbocycles. The molecule has 0 fully saturated rings. The van der Waals surface area contributed by atoms with Gasteiger partial charge < -0.3 is 0 Å². The Morgan fingerprint density at radius 2 is 2.24 bits per heavy atom. The van der Waals surface area contributed by atoms with Crippen molar-refractivity contribution in [2.75, 3.05) is 18.2 Å². The van der Waals surface area contributed by atoms with Gasteiger partial charge in [0, 0.05) is 24.2 Å². The molecule has 0 saturated carbocycles. The molecular weight excluding hydrogens is 280 g/mol. The first-order valence-electron chi connectivity index (χ1n) is 5.48. The highest BCUT2D eigenvalue weighted by Gasteiger charge is 2.09. The number of alkyl halides is 1. The third kappa shape index (κ3) is 6.35. The minimum Gasteiger partial charge on any atom is -0.247 e. The van der Waals surface area contributed by atoms with Crippen molar-refractivity contribution in [2.24, 2.45) is 0 Å². The summed E-state index contributed by atoms with van der Waals surface area (Å²) < 4.78 is 25.6. The molecule has 7 heteroatoms. The van der Waals surface area contributed by atoms with Crippen LogP contribution in [0.25, 0.3) is 0 Å². The first kappa shape index (κ1) is 14.9. The lowest BCUT2D eigenvalue weighted by molar-refractivity contribution is 0.578. The van der Waals surface area contributed by atoms with Crippen LogP contribution in [-0.4, -0.2) is 31.6 Å². The number of halogens is 1. The summed E-state index contributed by atoms with van der Waals surface area (Å²) in [5.41, 5.74) is 0.941. The summed E-state index contributed by atoms with van der Waals surface area (Å²) in [6.07, 6.45) is 1.97. The largest absolute Gasteiger partial charge is 0.247 e. The Morgan fingerprint density at radius 3 is 2.82 bits per heavy atom. The van der Waals surface area contributed by atoms with Gasteiger partial charge in [0.05, 0.1) is 16.5 Å². The Morgan fingerprint density at radius 1 is 1.47 bits per heavy atom. The first-order chi connectivity index (χ1) is 8.03. The van der Waals surface area contributed by atoms with Gasteiger partial charge in [-0.3, -0.25) is 0 Å². The molecular formula is C10H17ClN2O2S2. The number of aromatic nitrogens is 1. The van der Waals surface area contributed by atoms with Crippen molar-refractivity contribution in [3.05, 3.63) is 16.1 Å². The minimum atomic E-state index is -3.15. The summed E-state index contributed by atoms with van der Waals surface area (Å²) in [5, 5.41) is 2.96. The molecule has 0 atom stereocenters. The van der Waals surface area contributed by atoms with Crippen LogP contribution in [0.4, 0.5) is 0 Å². The maximum Gasteiger partial charge on any atom is 0.211 e. The summed E-state index contributed by atoms with van der Waals surface area (Å²) in [6.45, 7) is 2.34. The average molecular weight is 297 g/mol. The third-order valence-corrected chi connectivity index (χ3v) is 4.73. The van der Waals surface area contributed by atoms with E-state index in [-0.39, 0.29) is 5.75 Å². The van der Waals surface area contributed by atoms with E-state index in [9.17, 15) is 8.42 Å². The topological polar surface area (TPSA) is 59.1 Å².